The molecular weight excluding hydrogens is 247 g/mol. The maximum absolute atomic E-state index is 11.4. The minimum Gasteiger partial charge on any atom is -0.494 e. The highest BCUT2D eigenvalue weighted by atomic mass is 35.5. The molecule has 0 aromatic heterocycles. The van der Waals surface area contributed by atoms with Crippen molar-refractivity contribution in [2.24, 2.45) is 0 Å². The lowest BCUT2D eigenvalue weighted by Gasteiger charge is -2.12. The third-order valence-electron chi connectivity index (χ3n) is 2.20. The third-order valence-corrected chi connectivity index (χ3v) is 2.78. The Morgan fingerprint density at radius 3 is 2.69 bits per heavy atom. The van der Waals surface area contributed by atoms with Gasteiger partial charge in [0.1, 0.15) is 5.75 Å². The summed E-state index contributed by atoms with van der Waals surface area (Å²) in [5.74, 6) is 1.08. The lowest BCUT2D eigenvalue weighted by molar-refractivity contribution is -0.116. The second-order valence-electron chi connectivity index (χ2n) is 3.31. The van der Waals surface area contributed by atoms with Gasteiger partial charge in [-0.05, 0) is 18.6 Å². The Labute approximate surface area is 106 Å². The second-order valence-corrected chi connectivity index (χ2v) is 3.84. The first-order chi connectivity index (χ1) is 7.72. The lowest BCUT2D eigenvalue weighted by Crippen LogP contribution is -2.08. The standard InChI is InChI=1S/C12H14Cl2O2/c1-2-16-12-5-3-4-9(7-13)11(12)6-10(15)8-14/h3-5H,2,6-8H2,1H3. The Kier molecular flexibility index (Phi) is 5.64. The van der Waals surface area contributed by atoms with Gasteiger partial charge in [0.05, 0.1) is 12.5 Å². The van der Waals surface area contributed by atoms with Gasteiger partial charge in [-0.2, -0.15) is 0 Å². The molecule has 0 aliphatic carbocycles. The second kappa shape index (κ2) is 6.77. The van der Waals surface area contributed by atoms with E-state index in [9.17, 15) is 4.79 Å². The first-order valence-electron chi connectivity index (χ1n) is 5.10. The summed E-state index contributed by atoms with van der Waals surface area (Å²) in [4.78, 5) is 11.4. The summed E-state index contributed by atoms with van der Waals surface area (Å²) >= 11 is 11.3. The number of carbonyl (C=O) groups is 1. The summed E-state index contributed by atoms with van der Waals surface area (Å²) in [6.07, 6.45) is 0.279. The number of halogens is 2. The molecule has 0 atom stereocenters. The van der Waals surface area contributed by atoms with Gasteiger partial charge in [0.15, 0.2) is 5.78 Å². The summed E-state index contributed by atoms with van der Waals surface area (Å²) in [5, 5.41) is 0. The normalized spacial score (nSPS) is 10.2. The van der Waals surface area contributed by atoms with Crippen LogP contribution in [0.4, 0.5) is 0 Å². The molecule has 2 nitrogen and oxygen atoms in total. The van der Waals surface area contributed by atoms with Crippen molar-refractivity contribution in [2.45, 2.75) is 19.2 Å². The smallest absolute Gasteiger partial charge is 0.152 e. The molecule has 0 heterocycles. The summed E-state index contributed by atoms with van der Waals surface area (Å²) in [6, 6.07) is 5.61. The average molecular weight is 261 g/mol. The summed E-state index contributed by atoms with van der Waals surface area (Å²) in [5.41, 5.74) is 1.77. The molecule has 0 fully saturated rings. The van der Waals surface area contributed by atoms with Crippen LogP contribution in [0.15, 0.2) is 18.2 Å². The fourth-order valence-electron chi connectivity index (χ4n) is 1.47. The quantitative estimate of drug-likeness (QED) is 0.735. The van der Waals surface area contributed by atoms with Crippen LogP contribution in [0.5, 0.6) is 5.75 Å². The molecule has 0 N–H and O–H groups in total. The van der Waals surface area contributed by atoms with Gasteiger partial charge in [0, 0.05) is 17.9 Å². The SMILES string of the molecule is CCOc1cccc(CCl)c1CC(=O)CCl. The number of Topliss-reactive ketones (excluding diaryl/α,β-unsaturated/α-hetero) is 1. The topological polar surface area (TPSA) is 26.3 Å². The first kappa shape index (κ1) is 13.3. The van der Waals surface area contributed by atoms with Crippen molar-refractivity contribution in [2.75, 3.05) is 12.5 Å². The van der Waals surface area contributed by atoms with Crippen molar-refractivity contribution in [3.63, 3.8) is 0 Å². The maximum Gasteiger partial charge on any atom is 0.152 e. The molecule has 0 amide bonds. The predicted molar refractivity (Wildman–Crippen MR) is 66.6 cm³/mol. The summed E-state index contributed by atoms with van der Waals surface area (Å²) < 4.78 is 5.47. The van der Waals surface area contributed by atoms with Crippen molar-refractivity contribution >= 4 is 29.0 Å². The van der Waals surface area contributed by atoms with E-state index < -0.39 is 0 Å². The molecule has 0 aliphatic rings. The highest BCUT2D eigenvalue weighted by molar-refractivity contribution is 6.27. The first-order valence-corrected chi connectivity index (χ1v) is 6.17. The van der Waals surface area contributed by atoms with Gasteiger partial charge >= 0.3 is 0 Å². The number of rotatable bonds is 6. The number of hydrogen-bond donors (Lipinski definition) is 0. The minimum absolute atomic E-state index is 0.0161. The van der Waals surface area contributed by atoms with E-state index in [-0.39, 0.29) is 18.1 Å². The molecular formula is C12H14Cl2O2. The fourth-order valence-corrected chi connectivity index (χ4v) is 1.82. The number of alkyl halides is 2. The van der Waals surface area contributed by atoms with E-state index in [0.717, 1.165) is 16.9 Å². The van der Waals surface area contributed by atoms with Crippen LogP contribution in [0.25, 0.3) is 0 Å². The van der Waals surface area contributed by atoms with Gasteiger partial charge in [0.2, 0.25) is 0 Å². The Balaban J connectivity index is 3.03. The zero-order chi connectivity index (χ0) is 12.0. The lowest BCUT2D eigenvalue weighted by atomic mass is 10.0. The Morgan fingerprint density at radius 1 is 1.38 bits per heavy atom. The van der Waals surface area contributed by atoms with Gasteiger partial charge in [-0.25, -0.2) is 0 Å². The van der Waals surface area contributed by atoms with E-state index >= 15 is 0 Å². The molecule has 16 heavy (non-hydrogen) atoms. The number of benzene rings is 1. The highest BCUT2D eigenvalue weighted by Crippen LogP contribution is 2.24. The average Bonchev–Trinajstić information content (AvgIpc) is 2.31. The summed E-state index contributed by atoms with van der Waals surface area (Å²) in [6.45, 7) is 2.47. The van der Waals surface area contributed by atoms with Crippen LogP contribution in [0.3, 0.4) is 0 Å². The number of carbonyl (C=O) groups excluding carboxylic acids is 1. The highest BCUT2D eigenvalue weighted by Gasteiger charge is 2.12. The molecule has 0 unspecified atom stereocenters. The van der Waals surface area contributed by atoms with Gasteiger partial charge in [-0.15, -0.1) is 23.2 Å². The van der Waals surface area contributed by atoms with Crippen LogP contribution < -0.4 is 4.74 Å². The van der Waals surface area contributed by atoms with Crippen LogP contribution in [0, 0.1) is 0 Å². The molecule has 0 saturated carbocycles. The number of ether oxygens (including phenoxy) is 1. The molecule has 88 valence electrons. The molecule has 1 aromatic rings. The van der Waals surface area contributed by atoms with E-state index in [2.05, 4.69) is 0 Å². The minimum atomic E-state index is -0.0276. The Morgan fingerprint density at radius 2 is 2.12 bits per heavy atom. The van der Waals surface area contributed by atoms with Crippen LogP contribution in [0.2, 0.25) is 0 Å². The van der Waals surface area contributed by atoms with E-state index in [1.807, 2.05) is 25.1 Å². The zero-order valence-corrected chi connectivity index (χ0v) is 10.6. The third kappa shape index (κ3) is 3.39. The van der Waals surface area contributed by atoms with E-state index in [1.54, 1.807) is 0 Å². The van der Waals surface area contributed by atoms with Crippen LogP contribution in [-0.4, -0.2) is 18.3 Å². The number of hydrogen-bond acceptors (Lipinski definition) is 2. The van der Waals surface area contributed by atoms with E-state index in [1.165, 1.54) is 0 Å². The van der Waals surface area contributed by atoms with Crippen molar-refractivity contribution in [3.05, 3.63) is 29.3 Å². The molecule has 0 spiro atoms. The molecule has 0 bridgehead atoms. The van der Waals surface area contributed by atoms with E-state index in [4.69, 9.17) is 27.9 Å². The van der Waals surface area contributed by atoms with Gasteiger partial charge in [-0.3, -0.25) is 4.79 Å². The monoisotopic (exact) mass is 260 g/mol. The largest absolute Gasteiger partial charge is 0.494 e. The summed E-state index contributed by atoms with van der Waals surface area (Å²) in [7, 11) is 0. The van der Waals surface area contributed by atoms with Crippen molar-refractivity contribution in [1.82, 2.24) is 0 Å². The molecule has 4 heteroatoms. The molecule has 0 radical (unpaired) electrons. The number of ketones is 1. The molecule has 0 saturated heterocycles. The van der Waals surface area contributed by atoms with Gasteiger partial charge in [-0.1, -0.05) is 12.1 Å². The van der Waals surface area contributed by atoms with Crippen LogP contribution in [0.1, 0.15) is 18.1 Å². The van der Waals surface area contributed by atoms with Gasteiger partial charge in [0.25, 0.3) is 0 Å². The Hall–Kier alpha value is -0.730. The predicted octanol–water partition coefficient (Wildman–Crippen LogP) is 3.17. The zero-order valence-electron chi connectivity index (χ0n) is 9.13. The molecule has 1 aromatic carbocycles. The fraction of sp³-hybridized carbons (Fsp3) is 0.417. The van der Waals surface area contributed by atoms with Crippen molar-refractivity contribution in [1.29, 1.82) is 0 Å². The van der Waals surface area contributed by atoms with Crippen molar-refractivity contribution in [3.8, 4) is 5.75 Å². The van der Waals surface area contributed by atoms with Crippen LogP contribution in [-0.2, 0) is 17.1 Å². The van der Waals surface area contributed by atoms with E-state index in [0.29, 0.717) is 12.5 Å². The molecule has 0 aliphatic heterocycles. The maximum atomic E-state index is 11.4. The Bertz CT molecular complexity index is 364. The van der Waals surface area contributed by atoms with Crippen molar-refractivity contribution < 1.29 is 9.53 Å². The van der Waals surface area contributed by atoms with Gasteiger partial charge < -0.3 is 4.74 Å². The molecule has 1 rings (SSSR count). The van der Waals surface area contributed by atoms with Crippen LogP contribution >= 0.6 is 23.2 Å².